The molecule has 0 N–H and O–H groups in total. The summed E-state index contributed by atoms with van der Waals surface area (Å²) in [7, 11) is 1.70. The van der Waals surface area contributed by atoms with Gasteiger partial charge in [0.2, 0.25) is 0 Å². The molecular weight excluding hydrogens is 372 g/mol. The van der Waals surface area contributed by atoms with Crippen molar-refractivity contribution in [3.05, 3.63) is 138 Å². The molecule has 0 aliphatic carbocycles. The molecule has 0 saturated carbocycles. The van der Waals surface area contributed by atoms with Crippen LogP contribution >= 0.6 is 11.8 Å². The number of ether oxygens (including phenoxy) is 1. The van der Waals surface area contributed by atoms with Gasteiger partial charge in [0.05, 0.1) is 11.9 Å². The molecule has 0 aromatic heterocycles. The van der Waals surface area contributed by atoms with Crippen LogP contribution in [-0.4, -0.2) is 7.11 Å². The van der Waals surface area contributed by atoms with Crippen LogP contribution in [0.1, 0.15) is 22.3 Å². The fourth-order valence-electron chi connectivity index (χ4n) is 3.68. The van der Waals surface area contributed by atoms with Gasteiger partial charge >= 0.3 is 0 Å². The van der Waals surface area contributed by atoms with E-state index in [0.717, 1.165) is 11.5 Å². The van der Waals surface area contributed by atoms with Crippen molar-refractivity contribution < 1.29 is 4.74 Å². The highest BCUT2D eigenvalue weighted by molar-refractivity contribution is 7.99. The van der Waals surface area contributed by atoms with Crippen molar-refractivity contribution in [1.29, 1.82) is 0 Å². The lowest BCUT2D eigenvalue weighted by Gasteiger charge is -2.35. The first kappa shape index (κ1) is 19.4. The molecule has 2 heteroatoms. The van der Waals surface area contributed by atoms with Crippen molar-refractivity contribution in [2.75, 3.05) is 7.11 Å². The molecule has 144 valence electrons. The van der Waals surface area contributed by atoms with Crippen LogP contribution in [0.2, 0.25) is 0 Å². The number of thioether (sulfide) groups is 1. The Hall–Kier alpha value is -2.97. The number of hydrogen-bond acceptors (Lipinski definition) is 2. The molecule has 0 saturated heterocycles. The zero-order valence-corrected chi connectivity index (χ0v) is 17.3. The van der Waals surface area contributed by atoms with E-state index in [1.165, 1.54) is 22.3 Å². The van der Waals surface area contributed by atoms with Crippen LogP contribution in [-0.2, 0) is 10.5 Å². The predicted molar refractivity (Wildman–Crippen MR) is 123 cm³/mol. The van der Waals surface area contributed by atoms with Gasteiger partial charge in [0.15, 0.2) is 0 Å². The molecule has 0 amide bonds. The average Bonchev–Trinajstić information content (AvgIpc) is 2.82. The lowest BCUT2D eigenvalue weighted by atomic mass is 9.84. The van der Waals surface area contributed by atoms with E-state index in [1.54, 1.807) is 7.11 Å². The summed E-state index contributed by atoms with van der Waals surface area (Å²) in [5.41, 5.74) is 5.14. The normalized spacial score (nSPS) is 11.2. The molecule has 0 spiro atoms. The molecule has 0 heterocycles. The van der Waals surface area contributed by atoms with Crippen LogP contribution < -0.4 is 4.74 Å². The van der Waals surface area contributed by atoms with E-state index in [-0.39, 0.29) is 4.75 Å². The molecule has 4 rings (SSSR count). The van der Waals surface area contributed by atoms with E-state index in [0.29, 0.717) is 0 Å². The Morgan fingerprint density at radius 1 is 0.586 bits per heavy atom. The third-order valence-corrected chi connectivity index (χ3v) is 6.77. The van der Waals surface area contributed by atoms with Crippen molar-refractivity contribution in [3.63, 3.8) is 0 Å². The van der Waals surface area contributed by atoms with Gasteiger partial charge in [-0.1, -0.05) is 103 Å². The summed E-state index contributed by atoms with van der Waals surface area (Å²) in [4.78, 5) is 0. The first-order chi connectivity index (χ1) is 14.3. The fraction of sp³-hybridized carbons (Fsp3) is 0.111. The van der Waals surface area contributed by atoms with E-state index in [2.05, 4.69) is 103 Å². The van der Waals surface area contributed by atoms with E-state index >= 15 is 0 Å². The minimum Gasteiger partial charge on any atom is -0.497 e. The maximum Gasteiger partial charge on any atom is 0.118 e. The standard InChI is InChI=1S/C27H24OS/c1-28-26-19-17-22(18-20-26)21-29-27(23-11-5-2-6-12-23,24-13-7-3-8-14-24)25-15-9-4-10-16-25/h2-20H,21H2,1H3. The maximum atomic E-state index is 5.32. The van der Waals surface area contributed by atoms with Crippen molar-refractivity contribution in [1.82, 2.24) is 0 Å². The van der Waals surface area contributed by atoms with Gasteiger partial charge in [-0.15, -0.1) is 11.8 Å². The molecule has 0 bridgehead atoms. The third-order valence-electron chi connectivity index (χ3n) is 5.16. The van der Waals surface area contributed by atoms with Crippen LogP contribution in [0.25, 0.3) is 0 Å². The van der Waals surface area contributed by atoms with Crippen LogP contribution in [0, 0.1) is 0 Å². The Morgan fingerprint density at radius 3 is 1.38 bits per heavy atom. The Morgan fingerprint density at radius 2 is 1.00 bits per heavy atom. The third kappa shape index (κ3) is 4.08. The van der Waals surface area contributed by atoms with Crippen LogP contribution in [0.15, 0.2) is 115 Å². The summed E-state index contributed by atoms with van der Waals surface area (Å²) >= 11 is 1.95. The van der Waals surface area contributed by atoms with Crippen molar-refractivity contribution in [3.8, 4) is 5.75 Å². The number of hydrogen-bond donors (Lipinski definition) is 0. The quantitative estimate of drug-likeness (QED) is 0.314. The predicted octanol–water partition coefficient (Wildman–Crippen LogP) is 6.92. The second-order valence-corrected chi connectivity index (χ2v) is 8.11. The van der Waals surface area contributed by atoms with Crippen molar-refractivity contribution in [2.24, 2.45) is 0 Å². The van der Waals surface area contributed by atoms with Crippen LogP contribution in [0.4, 0.5) is 0 Å². The Balaban J connectivity index is 1.83. The smallest absolute Gasteiger partial charge is 0.118 e. The van der Waals surface area contributed by atoms with Crippen LogP contribution in [0.3, 0.4) is 0 Å². The number of rotatable bonds is 7. The lowest BCUT2D eigenvalue weighted by Crippen LogP contribution is -2.25. The second-order valence-electron chi connectivity index (χ2n) is 6.92. The Bertz CT molecular complexity index is 916. The van der Waals surface area contributed by atoms with E-state index in [9.17, 15) is 0 Å². The van der Waals surface area contributed by atoms with E-state index < -0.39 is 0 Å². The highest BCUT2D eigenvalue weighted by atomic mass is 32.2. The molecule has 4 aromatic carbocycles. The SMILES string of the molecule is COc1ccc(CSC(c2ccccc2)(c2ccccc2)c2ccccc2)cc1. The van der Waals surface area contributed by atoms with Gasteiger partial charge in [-0.3, -0.25) is 0 Å². The van der Waals surface area contributed by atoms with Gasteiger partial charge in [0, 0.05) is 5.75 Å². The van der Waals surface area contributed by atoms with Gasteiger partial charge in [0.1, 0.15) is 5.75 Å². The minimum absolute atomic E-state index is 0.288. The zero-order valence-electron chi connectivity index (χ0n) is 16.5. The fourth-order valence-corrected chi connectivity index (χ4v) is 5.17. The highest BCUT2D eigenvalue weighted by Crippen LogP contribution is 2.49. The lowest BCUT2D eigenvalue weighted by molar-refractivity contribution is 0.414. The Labute approximate surface area is 177 Å². The molecular formula is C27H24OS. The monoisotopic (exact) mass is 396 g/mol. The molecule has 0 atom stereocenters. The van der Waals surface area contributed by atoms with Crippen molar-refractivity contribution in [2.45, 2.75) is 10.5 Å². The number of methoxy groups -OCH3 is 1. The molecule has 0 fully saturated rings. The molecule has 29 heavy (non-hydrogen) atoms. The summed E-state index contributed by atoms with van der Waals surface area (Å²) in [6, 6.07) is 40.8. The summed E-state index contributed by atoms with van der Waals surface area (Å²) in [6.07, 6.45) is 0. The summed E-state index contributed by atoms with van der Waals surface area (Å²) in [5.74, 6) is 1.78. The first-order valence-electron chi connectivity index (χ1n) is 9.76. The Kier molecular flexibility index (Phi) is 6.02. The average molecular weight is 397 g/mol. The highest BCUT2D eigenvalue weighted by Gasteiger charge is 2.36. The first-order valence-corrected chi connectivity index (χ1v) is 10.7. The topological polar surface area (TPSA) is 9.23 Å². The molecule has 0 aliphatic heterocycles. The van der Waals surface area contributed by atoms with E-state index in [4.69, 9.17) is 4.74 Å². The molecule has 1 nitrogen and oxygen atoms in total. The van der Waals surface area contributed by atoms with Crippen LogP contribution in [0.5, 0.6) is 5.75 Å². The minimum atomic E-state index is -0.288. The van der Waals surface area contributed by atoms with Crippen molar-refractivity contribution >= 4 is 11.8 Å². The maximum absolute atomic E-state index is 5.32. The van der Waals surface area contributed by atoms with E-state index in [1.807, 2.05) is 23.9 Å². The van der Waals surface area contributed by atoms with Gasteiger partial charge in [-0.05, 0) is 34.4 Å². The van der Waals surface area contributed by atoms with Gasteiger partial charge in [-0.2, -0.15) is 0 Å². The van der Waals surface area contributed by atoms with Gasteiger partial charge in [-0.25, -0.2) is 0 Å². The molecule has 0 aliphatic rings. The van der Waals surface area contributed by atoms with Gasteiger partial charge in [0.25, 0.3) is 0 Å². The molecule has 0 unspecified atom stereocenters. The summed E-state index contributed by atoms with van der Waals surface area (Å²) < 4.78 is 5.03. The number of benzene rings is 4. The molecule has 0 radical (unpaired) electrons. The largest absolute Gasteiger partial charge is 0.497 e. The summed E-state index contributed by atoms with van der Waals surface area (Å²) in [6.45, 7) is 0. The second kappa shape index (κ2) is 9.02. The molecule has 4 aromatic rings. The van der Waals surface area contributed by atoms with Gasteiger partial charge < -0.3 is 4.74 Å². The zero-order chi connectivity index (χ0) is 19.9. The summed E-state index contributed by atoms with van der Waals surface area (Å²) in [5, 5.41) is 0.